The summed E-state index contributed by atoms with van der Waals surface area (Å²) >= 11 is 11.3. The number of carbonyl (C=O) groups is 3. The fraction of sp³-hybridized carbons (Fsp3) is 0.269. The third kappa shape index (κ3) is 4.82. The Hall–Kier alpha value is -3.40. The van der Waals surface area contributed by atoms with Gasteiger partial charge in [0.1, 0.15) is 0 Å². The third-order valence-electron chi connectivity index (χ3n) is 6.60. The van der Waals surface area contributed by atoms with Crippen molar-refractivity contribution in [3.63, 3.8) is 0 Å². The van der Waals surface area contributed by atoms with Gasteiger partial charge in [0.25, 0.3) is 17.7 Å². The van der Waals surface area contributed by atoms with E-state index in [1.807, 2.05) is 12.1 Å². The Bertz CT molecular complexity index is 1300. The highest BCUT2D eigenvalue weighted by atomic mass is 35.5. The lowest BCUT2D eigenvalue weighted by atomic mass is 10.0. The van der Waals surface area contributed by atoms with Crippen molar-refractivity contribution < 1.29 is 14.4 Å². The number of amides is 3. The maximum atomic E-state index is 13.3. The summed E-state index contributed by atoms with van der Waals surface area (Å²) in [6.45, 7) is 4.25. The number of thiocarbonyl (C=S) groups is 1. The lowest BCUT2D eigenvalue weighted by Crippen LogP contribution is -2.49. The monoisotopic (exact) mass is 521 g/mol. The largest absolute Gasteiger partial charge is 0.369 e. The van der Waals surface area contributed by atoms with E-state index < -0.39 is 11.8 Å². The molecular formula is C26H24ClN5O3S. The van der Waals surface area contributed by atoms with Crippen LogP contribution >= 0.6 is 23.8 Å². The fourth-order valence-corrected chi connectivity index (χ4v) is 5.05. The molecule has 1 fully saturated rings. The van der Waals surface area contributed by atoms with Crippen molar-refractivity contribution in [3.05, 3.63) is 76.6 Å². The number of benzene rings is 1. The Labute approximate surface area is 219 Å². The minimum absolute atomic E-state index is 0.210. The summed E-state index contributed by atoms with van der Waals surface area (Å²) in [5.41, 5.74) is 2.22. The molecule has 1 aromatic heterocycles. The number of anilines is 2. The number of nitrogens with zero attached hydrogens (tertiary/aromatic N) is 4. The Kier molecular flexibility index (Phi) is 6.95. The number of aromatic nitrogens is 1. The van der Waals surface area contributed by atoms with Crippen LogP contribution in [-0.2, 0) is 4.79 Å². The number of imide groups is 1. The van der Waals surface area contributed by atoms with E-state index in [0.29, 0.717) is 34.1 Å². The summed E-state index contributed by atoms with van der Waals surface area (Å²) in [5.74, 6) is -1.20. The van der Waals surface area contributed by atoms with E-state index >= 15 is 0 Å². The standard InChI is InChI=1S/C26H24ClN5O3S/c27-17-4-5-22(36)20(16-17)24(33)29-21-3-1-2-19-23(21)26(35)32(25(19)34)15-12-30-10-13-31(14-11-30)18-6-8-28-9-7-18/h1-4,6-9,16H,5,10-15H2,(H,29,33). The van der Waals surface area contributed by atoms with Crippen molar-refractivity contribution in [1.29, 1.82) is 0 Å². The van der Waals surface area contributed by atoms with Crippen LogP contribution in [0.3, 0.4) is 0 Å². The molecule has 0 unspecified atom stereocenters. The van der Waals surface area contributed by atoms with Crippen molar-refractivity contribution in [2.75, 3.05) is 49.5 Å². The molecule has 8 nitrogen and oxygen atoms in total. The van der Waals surface area contributed by atoms with E-state index in [2.05, 4.69) is 20.1 Å². The van der Waals surface area contributed by atoms with Crippen LogP contribution in [0.15, 0.2) is 65.5 Å². The first kappa shape index (κ1) is 24.3. The van der Waals surface area contributed by atoms with Gasteiger partial charge in [-0.2, -0.15) is 0 Å². The molecule has 0 spiro atoms. The molecule has 3 amide bonds. The van der Waals surface area contributed by atoms with Gasteiger partial charge in [0.05, 0.1) is 22.4 Å². The first-order chi connectivity index (χ1) is 17.4. The minimum Gasteiger partial charge on any atom is -0.369 e. The molecule has 184 valence electrons. The quantitative estimate of drug-likeness (QED) is 0.461. The normalized spacial score (nSPS) is 18.2. The molecular weight excluding hydrogens is 498 g/mol. The molecule has 1 N–H and O–H groups in total. The van der Waals surface area contributed by atoms with Crippen LogP contribution in [0.25, 0.3) is 0 Å². The van der Waals surface area contributed by atoms with Crippen LogP contribution in [0.1, 0.15) is 27.1 Å². The molecule has 2 aromatic rings. The predicted octanol–water partition coefficient (Wildman–Crippen LogP) is 3.26. The van der Waals surface area contributed by atoms with Crippen LogP contribution < -0.4 is 10.2 Å². The lowest BCUT2D eigenvalue weighted by molar-refractivity contribution is -0.112. The fourth-order valence-electron chi connectivity index (χ4n) is 4.63. The highest BCUT2D eigenvalue weighted by Crippen LogP contribution is 2.30. The zero-order valence-corrected chi connectivity index (χ0v) is 21.0. The maximum absolute atomic E-state index is 13.3. The highest BCUT2D eigenvalue weighted by Gasteiger charge is 2.38. The van der Waals surface area contributed by atoms with Gasteiger partial charge < -0.3 is 10.2 Å². The molecule has 1 aliphatic carbocycles. The Morgan fingerprint density at radius 2 is 1.78 bits per heavy atom. The SMILES string of the molecule is O=C(Nc1cccc2c1C(=O)N(CCN1CCN(c3ccncc3)CC1)C2=O)C1=CC(Cl)=CCC1=S. The molecule has 10 heteroatoms. The molecule has 0 radical (unpaired) electrons. The van der Waals surface area contributed by atoms with Crippen LogP contribution in [0, 0.1) is 0 Å². The van der Waals surface area contributed by atoms with Gasteiger partial charge in [-0.3, -0.25) is 29.2 Å². The van der Waals surface area contributed by atoms with E-state index in [4.69, 9.17) is 23.8 Å². The van der Waals surface area contributed by atoms with Gasteiger partial charge in [0, 0.05) is 73.7 Å². The van der Waals surface area contributed by atoms with Crippen molar-refractivity contribution in [2.24, 2.45) is 0 Å². The van der Waals surface area contributed by atoms with Crippen LogP contribution in [-0.4, -0.2) is 76.6 Å². The molecule has 0 bridgehead atoms. The van der Waals surface area contributed by atoms with E-state index in [0.717, 1.165) is 31.9 Å². The summed E-state index contributed by atoms with van der Waals surface area (Å²) in [5, 5.41) is 3.20. The number of halogens is 1. The number of rotatable bonds is 6. The summed E-state index contributed by atoms with van der Waals surface area (Å²) in [4.78, 5) is 49.5. The van der Waals surface area contributed by atoms with E-state index in [1.54, 1.807) is 36.7 Å². The number of fused-ring (bicyclic) bond motifs is 1. The number of carbonyl (C=O) groups excluding carboxylic acids is 3. The topological polar surface area (TPSA) is 85.8 Å². The smallest absolute Gasteiger partial charge is 0.263 e. The van der Waals surface area contributed by atoms with Crippen LogP contribution in [0.5, 0.6) is 0 Å². The molecule has 0 saturated carbocycles. The summed E-state index contributed by atoms with van der Waals surface area (Å²) in [6.07, 6.45) is 7.22. The first-order valence-electron chi connectivity index (χ1n) is 11.7. The van der Waals surface area contributed by atoms with Gasteiger partial charge in [-0.25, -0.2) is 0 Å². The third-order valence-corrected chi connectivity index (χ3v) is 7.25. The molecule has 36 heavy (non-hydrogen) atoms. The maximum Gasteiger partial charge on any atom is 0.263 e. The average molecular weight is 522 g/mol. The molecule has 1 saturated heterocycles. The molecule has 2 aliphatic heterocycles. The summed E-state index contributed by atoms with van der Waals surface area (Å²) < 4.78 is 0. The van der Waals surface area contributed by atoms with E-state index in [-0.39, 0.29) is 23.6 Å². The Morgan fingerprint density at radius 3 is 2.53 bits per heavy atom. The van der Waals surface area contributed by atoms with Gasteiger partial charge >= 0.3 is 0 Å². The summed E-state index contributed by atoms with van der Waals surface area (Å²) in [6, 6.07) is 8.88. The lowest BCUT2D eigenvalue weighted by Gasteiger charge is -2.36. The van der Waals surface area contributed by atoms with Crippen molar-refractivity contribution in [1.82, 2.24) is 14.8 Å². The second-order valence-electron chi connectivity index (χ2n) is 8.75. The molecule has 5 rings (SSSR count). The Morgan fingerprint density at radius 1 is 1.03 bits per heavy atom. The first-order valence-corrected chi connectivity index (χ1v) is 12.5. The van der Waals surface area contributed by atoms with Gasteiger partial charge in [0.2, 0.25) is 0 Å². The number of hydrogen-bond acceptors (Lipinski definition) is 7. The molecule has 3 heterocycles. The second kappa shape index (κ2) is 10.3. The van der Waals surface area contributed by atoms with Gasteiger partial charge in [-0.15, -0.1) is 0 Å². The number of nitrogens with one attached hydrogen (secondary N) is 1. The van der Waals surface area contributed by atoms with Gasteiger partial charge in [0.15, 0.2) is 0 Å². The van der Waals surface area contributed by atoms with Gasteiger partial charge in [-0.1, -0.05) is 36.0 Å². The van der Waals surface area contributed by atoms with Gasteiger partial charge in [-0.05, 0) is 30.3 Å². The van der Waals surface area contributed by atoms with E-state index in [1.165, 1.54) is 11.0 Å². The molecule has 0 atom stereocenters. The highest BCUT2D eigenvalue weighted by molar-refractivity contribution is 7.81. The van der Waals surface area contributed by atoms with Crippen LogP contribution in [0.2, 0.25) is 0 Å². The number of hydrogen-bond donors (Lipinski definition) is 1. The van der Waals surface area contributed by atoms with Crippen LogP contribution in [0.4, 0.5) is 11.4 Å². The number of pyridine rings is 1. The number of allylic oxidation sites excluding steroid dienone is 3. The van der Waals surface area contributed by atoms with Crippen molar-refractivity contribution in [2.45, 2.75) is 6.42 Å². The summed E-state index contributed by atoms with van der Waals surface area (Å²) in [7, 11) is 0. The zero-order chi connectivity index (χ0) is 25.2. The predicted molar refractivity (Wildman–Crippen MR) is 143 cm³/mol. The second-order valence-corrected chi connectivity index (χ2v) is 9.68. The zero-order valence-electron chi connectivity index (χ0n) is 19.4. The molecule has 3 aliphatic rings. The Balaban J connectivity index is 1.23. The van der Waals surface area contributed by atoms with Crippen molar-refractivity contribution in [3.8, 4) is 0 Å². The average Bonchev–Trinajstić information content (AvgIpc) is 3.15. The molecule has 1 aromatic carbocycles. The number of piperazine rings is 1. The van der Waals surface area contributed by atoms with Crippen molar-refractivity contribution >= 4 is 57.8 Å². The van der Waals surface area contributed by atoms with E-state index in [9.17, 15) is 14.4 Å². The minimum atomic E-state index is -0.453.